The lowest BCUT2D eigenvalue weighted by Gasteiger charge is -2.35. The molecule has 3 heteroatoms. The molecule has 2 bridgehead atoms. The molecule has 18 heavy (non-hydrogen) atoms. The summed E-state index contributed by atoms with van der Waals surface area (Å²) in [5.74, 6) is 0.571. The number of hydrogen-bond acceptors (Lipinski definition) is 2. The number of aliphatic hydroxyl groups excluding tert-OH is 1. The van der Waals surface area contributed by atoms with Crippen LogP contribution in [0.4, 0.5) is 4.39 Å². The van der Waals surface area contributed by atoms with E-state index < -0.39 is 11.5 Å². The van der Waals surface area contributed by atoms with Gasteiger partial charge in [0.25, 0.3) is 0 Å². The largest absolute Gasteiger partial charge is 0.387 e. The molecule has 0 aliphatic heterocycles. The molecular formula is C15H16FNO. The van der Waals surface area contributed by atoms with Gasteiger partial charge in [0, 0.05) is 0 Å². The third kappa shape index (κ3) is 1.56. The van der Waals surface area contributed by atoms with Gasteiger partial charge in [-0.1, -0.05) is 18.6 Å². The Morgan fingerprint density at radius 3 is 2.56 bits per heavy atom. The predicted octanol–water partition coefficient (Wildman–Crippen LogP) is 3.19. The highest BCUT2D eigenvalue weighted by molar-refractivity contribution is 5.26. The van der Waals surface area contributed by atoms with Crippen molar-refractivity contribution in [2.45, 2.75) is 31.8 Å². The molecule has 2 nitrogen and oxygen atoms in total. The molecule has 3 rings (SSSR count). The van der Waals surface area contributed by atoms with Gasteiger partial charge in [0.1, 0.15) is 5.82 Å². The molecule has 0 heterocycles. The average Bonchev–Trinajstić information content (AvgIpc) is 2.99. The Kier molecular flexibility index (Phi) is 2.64. The van der Waals surface area contributed by atoms with Crippen molar-refractivity contribution in [3.05, 3.63) is 35.6 Å². The van der Waals surface area contributed by atoms with Gasteiger partial charge in [0.05, 0.1) is 17.6 Å². The molecule has 1 N–H and O–H groups in total. The fourth-order valence-corrected chi connectivity index (χ4v) is 3.85. The van der Waals surface area contributed by atoms with Crippen molar-refractivity contribution in [1.82, 2.24) is 0 Å². The van der Waals surface area contributed by atoms with E-state index in [9.17, 15) is 14.8 Å². The lowest BCUT2D eigenvalue weighted by Crippen LogP contribution is -2.33. The number of rotatable bonds is 2. The first-order valence-corrected chi connectivity index (χ1v) is 6.50. The highest BCUT2D eigenvalue weighted by Gasteiger charge is 2.55. The third-order valence-corrected chi connectivity index (χ3v) is 4.78. The van der Waals surface area contributed by atoms with E-state index in [-0.39, 0.29) is 5.82 Å². The second-order valence-electron chi connectivity index (χ2n) is 5.69. The predicted molar refractivity (Wildman–Crippen MR) is 64.9 cm³/mol. The molecule has 94 valence electrons. The number of hydrogen-bond donors (Lipinski definition) is 1. The van der Waals surface area contributed by atoms with Gasteiger partial charge in [-0.05, 0) is 48.8 Å². The molecule has 2 saturated carbocycles. The first-order chi connectivity index (χ1) is 8.65. The van der Waals surface area contributed by atoms with Crippen molar-refractivity contribution < 1.29 is 9.50 Å². The fraction of sp³-hybridized carbons (Fsp3) is 0.533. The van der Waals surface area contributed by atoms with Gasteiger partial charge in [0.2, 0.25) is 0 Å². The molecule has 0 spiro atoms. The molecule has 2 aliphatic rings. The Balaban J connectivity index is 1.93. The summed E-state index contributed by atoms with van der Waals surface area (Å²) in [4.78, 5) is 0. The van der Waals surface area contributed by atoms with Crippen LogP contribution in [0.15, 0.2) is 24.3 Å². The number of aliphatic hydroxyl groups is 1. The topological polar surface area (TPSA) is 44.0 Å². The molecule has 1 aromatic carbocycles. The highest BCUT2D eigenvalue weighted by Crippen LogP contribution is 2.60. The standard InChI is InChI=1S/C15H16FNO/c16-13-5-2-11(3-6-13)14(18)15(9-17)8-10-1-4-12(15)7-10/h2-3,5-6,10,12,14,18H,1,4,7-8H2. The Morgan fingerprint density at radius 2 is 2.06 bits per heavy atom. The zero-order chi connectivity index (χ0) is 12.8. The minimum atomic E-state index is -0.793. The van der Waals surface area contributed by atoms with Gasteiger partial charge in [-0.15, -0.1) is 0 Å². The first-order valence-electron chi connectivity index (χ1n) is 6.50. The Bertz CT molecular complexity index is 492. The second-order valence-corrected chi connectivity index (χ2v) is 5.69. The molecule has 2 fully saturated rings. The van der Waals surface area contributed by atoms with E-state index in [1.165, 1.54) is 18.6 Å². The smallest absolute Gasteiger partial charge is 0.123 e. The fourth-order valence-electron chi connectivity index (χ4n) is 3.85. The Labute approximate surface area is 106 Å². The summed E-state index contributed by atoms with van der Waals surface area (Å²) in [6.45, 7) is 0. The molecule has 4 atom stereocenters. The van der Waals surface area contributed by atoms with Crippen LogP contribution in [0.2, 0.25) is 0 Å². The van der Waals surface area contributed by atoms with Crippen molar-refractivity contribution in [3.63, 3.8) is 0 Å². The Morgan fingerprint density at radius 1 is 1.33 bits per heavy atom. The van der Waals surface area contributed by atoms with Gasteiger partial charge >= 0.3 is 0 Å². The zero-order valence-electron chi connectivity index (χ0n) is 10.1. The lowest BCUT2D eigenvalue weighted by molar-refractivity contribution is 0.0233. The van der Waals surface area contributed by atoms with Crippen LogP contribution < -0.4 is 0 Å². The zero-order valence-corrected chi connectivity index (χ0v) is 10.1. The maximum atomic E-state index is 12.9. The summed E-state index contributed by atoms with van der Waals surface area (Å²) in [5.41, 5.74) is 0.00583. The summed E-state index contributed by atoms with van der Waals surface area (Å²) >= 11 is 0. The van der Waals surface area contributed by atoms with Crippen LogP contribution in [-0.2, 0) is 0 Å². The average molecular weight is 245 g/mol. The van der Waals surface area contributed by atoms with Crippen molar-refractivity contribution >= 4 is 0 Å². The summed E-state index contributed by atoms with van der Waals surface area (Å²) in [5, 5.41) is 20.1. The van der Waals surface area contributed by atoms with Crippen LogP contribution in [0.3, 0.4) is 0 Å². The van der Waals surface area contributed by atoms with Gasteiger partial charge in [-0.3, -0.25) is 0 Å². The van der Waals surface area contributed by atoms with Crippen LogP contribution in [0.1, 0.15) is 37.4 Å². The van der Waals surface area contributed by atoms with E-state index in [4.69, 9.17) is 0 Å². The van der Waals surface area contributed by atoms with Gasteiger partial charge < -0.3 is 5.11 Å². The number of nitrogens with zero attached hydrogens (tertiary/aromatic N) is 1. The van der Waals surface area contributed by atoms with E-state index in [1.54, 1.807) is 12.1 Å². The van der Waals surface area contributed by atoms with Gasteiger partial charge in [-0.25, -0.2) is 4.39 Å². The maximum absolute atomic E-state index is 12.9. The van der Waals surface area contributed by atoms with Crippen molar-refractivity contribution in [1.29, 1.82) is 5.26 Å². The molecule has 1 aromatic rings. The van der Waals surface area contributed by atoms with Crippen LogP contribution in [-0.4, -0.2) is 5.11 Å². The number of halogens is 1. The quantitative estimate of drug-likeness (QED) is 0.869. The van der Waals surface area contributed by atoms with E-state index in [2.05, 4.69) is 6.07 Å². The van der Waals surface area contributed by atoms with Crippen LogP contribution >= 0.6 is 0 Å². The van der Waals surface area contributed by atoms with E-state index in [0.717, 1.165) is 19.3 Å². The summed E-state index contributed by atoms with van der Waals surface area (Å²) in [6, 6.07) is 8.24. The monoisotopic (exact) mass is 245 g/mol. The number of nitriles is 1. The summed E-state index contributed by atoms with van der Waals surface area (Å²) in [7, 11) is 0. The van der Waals surface area contributed by atoms with Crippen LogP contribution in [0.5, 0.6) is 0 Å². The molecule has 0 aromatic heterocycles. The molecule has 2 aliphatic carbocycles. The van der Waals surface area contributed by atoms with E-state index in [0.29, 0.717) is 17.4 Å². The second kappa shape index (κ2) is 4.07. The number of fused-ring (bicyclic) bond motifs is 2. The molecule has 0 radical (unpaired) electrons. The maximum Gasteiger partial charge on any atom is 0.123 e. The van der Waals surface area contributed by atoms with Crippen molar-refractivity contribution in [2.75, 3.05) is 0 Å². The van der Waals surface area contributed by atoms with Crippen LogP contribution in [0.25, 0.3) is 0 Å². The molecule has 0 amide bonds. The molecule has 0 saturated heterocycles. The normalized spacial score (nSPS) is 35.4. The third-order valence-electron chi connectivity index (χ3n) is 4.78. The van der Waals surface area contributed by atoms with Crippen molar-refractivity contribution in [2.24, 2.45) is 17.3 Å². The van der Waals surface area contributed by atoms with E-state index in [1.807, 2.05) is 0 Å². The summed E-state index contributed by atoms with van der Waals surface area (Å²) < 4.78 is 12.9. The van der Waals surface area contributed by atoms with Gasteiger partial charge in [0.15, 0.2) is 0 Å². The Hall–Kier alpha value is -1.40. The summed E-state index contributed by atoms with van der Waals surface area (Å²) in [6.07, 6.45) is 3.28. The number of benzene rings is 1. The minimum Gasteiger partial charge on any atom is -0.387 e. The minimum absolute atomic E-state index is 0.299. The lowest BCUT2D eigenvalue weighted by atomic mass is 9.68. The van der Waals surface area contributed by atoms with Gasteiger partial charge in [-0.2, -0.15) is 5.26 Å². The first kappa shape index (κ1) is 11.7. The van der Waals surface area contributed by atoms with Crippen LogP contribution in [0, 0.1) is 34.4 Å². The van der Waals surface area contributed by atoms with Crippen molar-refractivity contribution in [3.8, 4) is 6.07 Å². The molecular weight excluding hydrogens is 229 g/mol. The molecule has 4 unspecified atom stereocenters. The van der Waals surface area contributed by atoms with E-state index >= 15 is 0 Å². The highest BCUT2D eigenvalue weighted by atomic mass is 19.1. The SMILES string of the molecule is N#CC1(C(O)c2ccc(F)cc2)CC2CCC1C2.